The van der Waals surface area contributed by atoms with Gasteiger partial charge in [-0.2, -0.15) is 4.98 Å². The van der Waals surface area contributed by atoms with Crippen LogP contribution in [0.25, 0.3) is 22.5 Å². The van der Waals surface area contributed by atoms with E-state index >= 15 is 0 Å². The van der Waals surface area contributed by atoms with Crippen LogP contribution in [0.4, 0.5) is 4.79 Å². The summed E-state index contributed by atoms with van der Waals surface area (Å²) in [5.41, 5.74) is 3.53. The number of ether oxygens (including phenoxy) is 1. The molecular weight excluding hydrogens is 478 g/mol. The Labute approximate surface area is 210 Å². The number of nitrogens with one attached hydrogen (secondary N) is 1. The van der Waals surface area contributed by atoms with Crippen LogP contribution in [0.1, 0.15) is 36.5 Å². The van der Waals surface area contributed by atoms with E-state index in [1.54, 1.807) is 31.2 Å². The van der Waals surface area contributed by atoms with Gasteiger partial charge in [-0.1, -0.05) is 72.7 Å². The van der Waals surface area contributed by atoms with Crippen LogP contribution in [-0.2, 0) is 14.6 Å². The van der Waals surface area contributed by atoms with E-state index in [9.17, 15) is 13.2 Å². The Morgan fingerprint density at radius 3 is 2.42 bits per heavy atom. The Kier molecular flexibility index (Phi) is 7.49. The predicted octanol–water partition coefficient (Wildman–Crippen LogP) is 5.34. The number of amides is 1. The van der Waals surface area contributed by atoms with Crippen molar-refractivity contribution in [2.24, 2.45) is 0 Å². The minimum absolute atomic E-state index is 0.257. The summed E-state index contributed by atoms with van der Waals surface area (Å²) in [6.07, 6.45) is 0.723. The largest absolute Gasteiger partial charge is 0.436 e. The van der Waals surface area contributed by atoms with Gasteiger partial charge >= 0.3 is 6.09 Å². The maximum absolute atomic E-state index is 12.5. The van der Waals surface area contributed by atoms with E-state index in [-0.39, 0.29) is 4.90 Å². The van der Waals surface area contributed by atoms with E-state index in [4.69, 9.17) is 9.26 Å². The normalized spacial score (nSPS) is 12.2. The van der Waals surface area contributed by atoms with Crippen molar-refractivity contribution in [1.82, 2.24) is 15.5 Å². The van der Waals surface area contributed by atoms with E-state index in [2.05, 4.69) is 15.5 Å². The third-order valence-corrected chi connectivity index (χ3v) is 6.69. The molecule has 4 rings (SSSR count). The molecule has 0 aliphatic rings. The van der Waals surface area contributed by atoms with Gasteiger partial charge in [-0.05, 0) is 35.2 Å². The lowest BCUT2D eigenvalue weighted by atomic mass is 9.97. The van der Waals surface area contributed by atoms with Gasteiger partial charge in [0.25, 0.3) is 0 Å². The third-order valence-electron chi connectivity index (χ3n) is 5.53. The first-order chi connectivity index (χ1) is 17.3. The summed E-state index contributed by atoms with van der Waals surface area (Å²) < 4.78 is 35.5. The summed E-state index contributed by atoms with van der Waals surface area (Å²) in [5.74, 6) is 0.892. The van der Waals surface area contributed by atoms with Gasteiger partial charge in [0.15, 0.2) is 15.9 Å². The molecule has 0 spiro atoms. The number of sulfone groups is 1. The molecule has 1 amide bonds. The molecule has 1 aromatic heterocycles. The number of aryl methyl sites for hydroxylation is 1. The molecule has 1 unspecified atom stereocenters. The first-order valence-electron chi connectivity index (χ1n) is 11.5. The number of hydrogen-bond acceptors (Lipinski definition) is 7. The molecule has 0 saturated heterocycles. The standard InChI is InChI=1S/C27H27N3O5S/c1-4-16-28-27(31)34-25(21-8-7-9-22(17-21)26-29-18(2)35-30-26)20-14-12-19(13-15-20)23-10-5-6-11-24(23)36(3,32)33/h5-15,17,25H,4,16H2,1-3H3,(H,28,31). The molecule has 1 N–H and O–H groups in total. The molecular formula is C27H27N3O5S. The molecule has 186 valence electrons. The van der Waals surface area contributed by atoms with E-state index in [1.807, 2.05) is 55.5 Å². The molecule has 9 heteroatoms. The molecule has 0 radical (unpaired) electrons. The Hall–Kier alpha value is -3.98. The smallest absolute Gasteiger partial charge is 0.408 e. The lowest BCUT2D eigenvalue weighted by molar-refractivity contribution is 0.116. The number of carbonyl (C=O) groups excluding carboxylic acids is 1. The minimum atomic E-state index is -3.40. The zero-order chi connectivity index (χ0) is 25.7. The lowest BCUT2D eigenvalue weighted by Gasteiger charge is -2.20. The second-order valence-corrected chi connectivity index (χ2v) is 10.3. The highest BCUT2D eigenvalue weighted by atomic mass is 32.2. The number of aromatic nitrogens is 2. The van der Waals surface area contributed by atoms with Crippen molar-refractivity contribution in [3.63, 3.8) is 0 Å². The molecule has 36 heavy (non-hydrogen) atoms. The lowest BCUT2D eigenvalue weighted by Crippen LogP contribution is -2.27. The number of benzene rings is 3. The summed E-state index contributed by atoms with van der Waals surface area (Å²) in [7, 11) is -3.40. The summed E-state index contributed by atoms with van der Waals surface area (Å²) >= 11 is 0. The van der Waals surface area contributed by atoms with E-state index in [0.717, 1.165) is 28.7 Å². The number of rotatable bonds is 8. The molecule has 0 fully saturated rings. The maximum Gasteiger partial charge on any atom is 0.408 e. The van der Waals surface area contributed by atoms with Crippen molar-refractivity contribution < 1.29 is 22.5 Å². The number of alkyl carbamates (subject to hydrolysis) is 1. The van der Waals surface area contributed by atoms with Crippen molar-refractivity contribution in [2.75, 3.05) is 12.8 Å². The van der Waals surface area contributed by atoms with Crippen LogP contribution in [0.2, 0.25) is 0 Å². The van der Waals surface area contributed by atoms with Crippen LogP contribution in [-0.4, -0.2) is 37.5 Å². The minimum Gasteiger partial charge on any atom is -0.436 e. The van der Waals surface area contributed by atoms with Crippen molar-refractivity contribution in [2.45, 2.75) is 31.3 Å². The average Bonchev–Trinajstić information content (AvgIpc) is 3.32. The third kappa shape index (κ3) is 5.80. The number of nitrogens with zero attached hydrogens (tertiary/aromatic N) is 2. The summed E-state index contributed by atoms with van der Waals surface area (Å²) in [5, 5.41) is 6.72. The van der Waals surface area contributed by atoms with Gasteiger partial charge in [-0.15, -0.1) is 0 Å². The zero-order valence-corrected chi connectivity index (χ0v) is 21.1. The Bertz CT molecular complexity index is 1460. The maximum atomic E-state index is 12.5. The fraction of sp³-hybridized carbons (Fsp3) is 0.222. The van der Waals surface area contributed by atoms with Gasteiger partial charge in [-0.3, -0.25) is 0 Å². The van der Waals surface area contributed by atoms with Gasteiger partial charge in [0.1, 0.15) is 0 Å². The van der Waals surface area contributed by atoms with Crippen LogP contribution < -0.4 is 5.32 Å². The van der Waals surface area contributed by atoms with Gasteiger partial charge < -0.3 is 14.6 Å². The number of carbonyl (C=O) groups is 1. The highest BCUT2D eigenvalue weighted by Gasteiger charge is 2.21. The van der Waals surface area contributed by atoms with Crippen LogP contribution in [0.5, 0.6) is 0 Å². The van der Waals surface area contributed by atoms with Gasteiger partial charge in [0, 0.05) is 30.9 Å². The van der Waals surface area contributed by atoms with Gasteiger partial charge in [0.2, 0.25) is 11.7 Å². The summed E-state index contributed by atoms with van der Waals surface area (Å²) in [4.78, 5) is 17.1. The van der Waals surface area contributed by atoms with Gasteiger partial charge in [-0.25, -0.2) is 13.2 Å². The fourth-order valence-electron chi connectivity index (χ4n) is 3.83. The van der Waals surface area contributed by atoms with Crippen LogP contribution in [0.15, 0.2) is 82.2 Å². The van der Waals surface area contributed by atoms with E-state index < -0.39 is 22.0 Å². The van der Waals surface area contributed by atoms with Crippen molar-refractivity contribution in [1.29, 1.82) is 0 Å². The van der Waals surface area contributed by atoms with Crippen molar-refractivity contribution >= 4 is 15.9 Å². The second-order valence-electron chi connectivity index (χ2n) is 8.36. The Balaban J connectivity index is 1.72. The molecule has 0 bridgehead atoms. The first-order valence-corrected chi connectivity index (χ1v) is 13.4. The topological polar surface area (TPSA) is 111 Å². The van der Waals surface area contributed by atoms with E-state index in [0.29, 0.717) is 23.8 Å². The number of hydrogen-bond donors (Lipinski definition) is 1. The second kappa shape index (κ2) is 10.7. The average molecular weight is 506 g/mol. The molecule has 4 aromatic rings. The fourth-order valence-corrected chi connectivity index (χ4v) is 4.74. The highest BCUT2D eigenvalue weighted by Crippen LogP contribution is 2.32. The molecule has 1 atom stereocenters. The van der Waals surface area contributed by atoms with Crippen LogP contribution in [0.3, 0.4) is 0 Å². The van der Waals surface area contributed by atoms with Gasteiger partial charge in [0.05, 0.1) is 4.90 Å². The quantitative estimate of drug-likeness (QED) is 0.344. The monoisotopic (exact) mass is 505 g/mol. The molecule has 0 aliphatic heterocycles. The Morgan fingerprint density at radius 1 is 1.00 bits per heavy atom. The van der Waals surface area contributed by atoms with Crippen LogP contribution in [0, 0.1) is 6.92 Å². The molecule has 8 nitrogen and oxygen atoms in total. The van der Waals surface area contributed by atoms with Crippen LogP contribution >= 0.6 is 0 Å². The predicted molar refractivity (Wildman–Crippen MR) is 136 cm³/mol. The SMILES string of the molecule is CCCNC(=O)OC(c1ccc(-c2ccccc2S(C)(=O)=O)cc1)c1cccc(-c2noc(C)n2)c1. The zero-order valence-electron chi connectivity index (χ0n) is 20.3. The first kappa shape index (κ1) is 25.1. The molecule has 1 heterocycles. The van der Waals surface area contributed by atoms with Crippen molar-refractivity contribution in [3.05, 3.63) is 89.8 Å². The Morgan fingerprint density at radius 2 is 1.75 bits per heavy atom. The molecule has 0 aliphatic carbocycles. The molecule has 0 saturated carbocycles. The summed E-state index contributed by atoms with van der Waals surface area (Å²) in [6, 6.07) is 21.6. The summed E-state index contributed by atoms with van der Waals surface area (Å²) in [6.45, 7) is 4.17. The molecule has 3 aromatic carbocycles. The van der Waals surface area contributed by atoms with Crippen molar-refractivity contribution in [3.8, 4) is 22.5 Å². The van der Waals surface area contributed by atoms with E-state index in [1.165, 1.54) is 6.26 Å². The highest BCUT2D eigenvalue weighted by molar-refractivity contribution is 7.90.